The Morgan fingerprint density at radius 1 is 1.50 bits per heavy atom. The van der Waals surface area contributed by atoms with Gasteiger partial charge in [-0.1, -0.05) is 18.0 Å². The van der Waals surface area contributed by atoms with Gasteiger partial charge in [-0.2, -0.15) is 5.26 Å². The molecule has 0 fully saturated rings. The lowest BCUT2D eigenvalue weighted by atomic mass is 9.88. The minimum atomic E-state index is -0.371. The highest BCUT2D eigenvalue weighted by molar-refractivity contribution is 8.13. The van der Waals surface area contributed by atoms with Crippen LogP contribution >= 0.6 is 10.5 Å². The molecule has 2 unspecified atom stereocenters. The Bertz CT molecular complexity index is 1140. The summed E-state index contributed by atoms with van der Waals surface area (Å²) in [6.07, 6.45) is 6.30. The predicted molar refractivity (Wildman–Crippen MR) is 103 cm³/mol. The van der Waals surface area contributed by atoms with E-state index in [1.807, 2.05) is 24.5 Å². The van der Waals surface area contributed by atoms with E-state index in [1.165, 1.54) is 0 Å². The summed E-state index contributed by atoms with van der Waals surface area (Å²) in [5.41, 5.74) is 2.49. The summed E-state index contributed by atoms with van der Waals surface area (Å²) in [6.45, 7) is 0. The van der Waals surface area contributed by atoms with Crippen molar-refractivity contribution < 1.29 is 0 Å². The van der Waals surface area contributed by atoms with Gasteiger partial charge in [0.15, 0.2) is 5.16 Å². The summed E-state index contributed by atoms with van der Waals surface area (Å²) in [6, 6.07) is 13.4. The minimum absolute atomic E-state index is 0.109. The Labute approximate surface area is 153 Å². The third-order valence-corrected chi connectivity index (χ3v) is 5.50. The van der Waals surface area contributed by atoms with Crippen molar-refractivity contribution in [1.29, 1.82) is 5.26 Å². The van der Waals surface area contributed by atoms with Gasteiger partial charge in [0.1, 0.15) is 17.3 Å². The second-order valence-corrected chi connectivity index (χ2v) is 8.00. The number of nitrogens with zero attached hydrogens (tertiary/aromatic N) is 4. The van der Waals surface area contributed by atoms with Gasteiger partial charge >= 0.3 is 0 Å². The number of nitriles is 1. The second kappa shape index (κ2) is 6.40. The second-order valence-electron chi connectivity index (χ2n) is 6.36. The maximum absolute atomic E-state index is 13.1. The van der Waals surface area contributed by atoms with E-state index in [-0.39, 0.29) is 27.6 Å². The number of pyridine rings is 1. The molecule has 0 bridgehead atoms. The molecule has 1 aliphatic carbocycles. The van der Waals surface area contributed by atoms with E-state index in [4.69, 9.17) is 0 Å². The molecule has 6 heteroatoms. The van der Waals surface area contributed by atoms with Crippen molar-refractivity contribution >= 4 is 27.4 Å². The Morgan fingerprint density at radius 2 is 2.35 bits per heavy atom. The van der Waals surface area contributed by atoms with E-state index in [0.29, 0.717) is 16.2 Å². The third kappa shape index (κ3) is 2.60. The van der Waals surface area contributed by atoms with Gasteiger partial charge in [-0.15, -0.1) is 10.5 Å². The number of rotatable bonds is 2. The zero-order valence-corrected chi connectivity index (χ0v) is 15.1. The summed E-state index contributed by atoms with van der Waals surface area (Å²) < 4.78 is 1.66. The first kappa shape index (κ1) is 16.5. The minimum Gasteiger partial charge on any atom is -0.284 e. The Kier molecular flexibility index (Phi) is 4.06. The average Bonchev–Trinajstić information content (AvgIpc) is 2.67. The lowest BCUT2D eigenvalue weighted by molar-refractivity contribution is 0.487. The molecule has 0 amide bonds. The van der Waals surface area contributed by atoms with Crippen LogP contribution in [0.3, 0.4) is 0 Å². The molecule has 4 rings (SSSR count). The predicted octanol–water partition coefficient (Wildman–Crippen LogP) is 2.88. The van der Waals surface area contributed by atoms with Gasteiger partial charge in [0, 0.05) is 17.1 Å². The van der Waals surface area contributed by atoms with Crippen molar-refractivity contribution in [1.82, 2.24) is 14.5 Å². The summed E-state index contributed by atoms with van der Waals surface area (Å²) >= 11 is 0. The van der Waals surface area contributed by atoms with Crippen LogP contribution in [0.2, 0.25) is 0 Å². The quantitative estimate of drug-likeness (QED) is 0.520. The van der Waals surface area contributed by atoms with Gasteiger partial charge in [0.2, 0.25) is 0 Å². The fourth-order valence-corrected chi connectivity index (χ4v) is 3.96. The van der Waals surface area contributed by atoms with Crippen molar-refractivity contribution in [3.8, 4) is 6.07 Å². The molecular weight excluding hydrogens is 344 g/mol. The number of fused-ring (bicyclic) bond motifs is 2. The Hall–Kier alpha value is -2.96. The van der Waals surface area contributed by atoms with E-state index in [1.54, 1.807) is 16.8 Å². The van der Waals surface area contributed by atoms with Crippen LogP contribution in [0, 0.1) is 23.5 Å². The van der Waals surface area contributed by atoms with Crippen LogP contribution < -0.4 is 5.56 Å². The number of aromatic nitrogens is 3. The molecule has 0 aliphatic heterocycles. The summed E-state index contributed by atoms with van der Waals surface area (Å²) in [7, 11) is -0.371. The summed E-state index contributed by atoms with van der Waals surface area (Å²) in [4.78, 5) is 22.0. The first-order valence-electron chi connectivity index (χ1n) is 8.29. The van der Waals surface area contributed by atoms with Gasteiger partial charge in [0.25, 0.3) is 5.56 Å². The molecule has 0 radical (unpaired) electrons. The molecule has 3 aromatic rings. The van der Waals surface area contributed by atoms with Crippen molar-refractivity contribution in [2.75, 3.05) is 6.26 Å². The topological polar surface area (TPSA) is 71.6 Å². The SMILES string of the molecule is C=S(C)c1ncc2cc(C#N)c(=O)n(C3CCCc4c#cccc43)c2n1. The van der Waals surface area contributed by atoms with Gasteiger partial charge < -0.3 is 0 Å². The monoisotopic (exact) mass is 360 g/mol. The lowest BCUT2D eigenvalue weighted by Crippen LogP contribution is -2.30. The van der Waals surface area contributed by atoms with Crippen LogP contribution in [0.1, 0.15) is 35.6 Å². The van der Waals surface area contributed by atoms with Crippen LogP contribution in [0.5, 0.6) is 0 Å². The summed E-state index contributed by atoms with van der Waals surface area (Å²) in [5, 5.41) is 10.7. The largest absolute Gasteiger partial charge is 0.284 e. The fourth-order valence-electron chi connectivity index (χ4n) is 3.49. The van der Waals surface area contributed by atoms with Crippen molar-refractivity contribution in [2.24, 2.45) is 0 Å². The molecular formula is C20H16N4OS. The zero-order valence-electron chi connectivity index (χ0n) is 14.3. The van der Waals surface area contributed by atoms with Crippen LogP contribution in [-0.4, -0.2) is 26.7 Å². The third-order valence-electron chi connectivity index (χ3n) is 4.68. The van der Waals surface area contributed by atoms with Crippen molar-refractivity contribution in [3.05, 3.63) is 63.6 Å². The molecule has 2 aromatic heterocycles. The molecule has 0 saturated heterocycles. The maximum atomic E-state index is 13.1. The zero-order chi connectivity index (χ0) is 18.3. The molecule has 26 heavy (non-hydrogen) atoms. The Morgan fingerprint density at radius 3 is 3.12 bits per heavy atom. The van der Waals surface area contributed by atoms with E-state index in [9.17, 15) is 10.1 Å². The molecule has 0 saturated carbocycles. The van der Waals surface area contributed by atoms with Crippen LogP contribution in [0.25, 0.3) is 11.0 Å². The van der Waals surface area contributed by atoms with Crippen LogP contribution in [0.15, 0.2) is 34.3 Å². The highest BCUT2D eigenvalue weighted by Gasteiger charge is 2.25. The number of hydrogen-bond donors (Lipinski definition) is 0. The van der Waals surface area contributed by atoms with E-state index in [0.717, 1.165) is 30.4 Å². The first-order chi connectivity index (χ1) is 12.6. The Balaban J connectivity index is 2.07. The van der Waals surface area contributed by atoms with E-state index >= 15 is 0 Å². The molecule has 0 N–H and O–H groups in total. The molecule has 5 nitrogen and oxygen atoms in total. The molecule has 1 aromatic carbocycles. The fraction of sp³-hybridized carbons (Fsp3) is 0.250. The normalized spacial score (nSPS) is 17.2. The highest BCUT2D eigenvalue weighted by atomic mass is 32.2. The first-order valence-corrected chi connectivity index (χ1v) is 10.1. The van der Waals surface area contributed by atoms with E-state index < -0.39 is 0 Å². The van der Waals surface area contributed by atoms with Gasteiger partial charge in [0.05, 0.1) is 6.04 Å². The maximum Gasteiger partial charge on any atom is 0.270 e. The molecule has 128 valence electrons. The molecule has 0 spiro atoms. The summed E-state index contributed by atoms with van der Waals surface area (Å²) in [5.74, 6) is 4.00. The van der Waals surface area contributed by atoms with Crippen LogP contribution in [0.4, 0.5) is 0 Å². The van der Waals surface area contributed by atoms with Crippen molar-refractivity contribution in [3.63, 3.8) is 0 Å². The molecule has 1 aliphatic rings. The molecule has 2 heterocycles. The van der Waals surface area contributed by atoms with Crippen LogP contribution in [-0.2, 0) is 6.42 Å². The van der Waals surface area contributed by atoms with Crippen molar-refractivity contribution in [2.45, 2.75) is 30.5 Å². The van der Waals surface area contributed by atoms with Gasteiger partial charge in [-0.3, -0.25) is 9.36 Å². The number of hydrogen-bond acceptors (Lipinski definition) is 4. The standard InChI is InChI=1S/C20H16N4OS/c1-26(2)20-22-12-15-10-14(11-21)19(25)24(18(15)23-20)17-9-5-7-13-6-3-4-8-16(13)17/h4,8,10,12,17H,1,5,7,9H2,2H3. The molecule has 2 atom stereocenters. The van der Waals surface area contributed by atoms with E-state index in [2.05, 4.69) is 28.0 Å². The lowest BCUT2D eigenvalue weighted by Gasteiger charge is -2.27. The smallest absolute Gasteiger partial charge is 0.270 e. The average molecular weight is 360 g/mol. The highest BCUT2D eigenvalue weighted by Crippen LogP contribution is 2.33. The van der Waals surface area contributed by atoms with Gasteiger partial charge in [-0.05, 0) is 49.3 Å². The van der Waals surface area contributed by atoms with Gasteiger partial charge in [-0.25, -0.2) is 9.97 Å².